The van der Waals surface area contributed by atoms with Crippen LogP contribution in [0.1, 0.15) is 29.7 Å². The predicted molar refractivity (Wildman–Crippen MR) is 96.6 cm³/mol. The van der Waals surface area contributed by atoms with Gasteiger partial charge in [-0.05, 0) is 60.7 Å². The van der Waals surface area contributed by atoms with E-state index in [0.717, 1.165) is 16.7 Å². The van der Waals surface area contributed by atoms with Gasteiger partial charge in [0.15, 0.2) is 11.5 Å². The van der Waals surface area contributed by atoms with E-state index in [9.17, 15) is 15.0 Å². The first-order chi connectivity index (χ1) is 12.5. The van der Waals surface area contributed by atoms with E-state index >= 15 is 0 Å². The highest BCUT2D eigenvalue weighted by atomic mass is 16.6. The minimum Gasteiger partial charge on any atom is -0.508 e. The number of benzene rings is 2. The van der Waals surface area contributed by atoms with E-state index in [1.54, 1.807) is 30.0 Å². The average molecular weight is 357 g/mol. The minimum absolute atomic E-state index is 0.0488. The summed E-state index contributed by atoms with van der Waals surface area (Å²) in [5.74, 6) is 0.673. The number of aromatic hydroxyl groups is 2. The summed E-state index contributed by atoms with van der Waals surface area (Å²) in [5.41, 5.74) is 2.91. The van der Waals surface area contributed by atoms with Crippen LogP contribution in [0.5, 0.6) is 17.2 Å². The molecule has 2 aromatic carbocycles. The molecule has 0 aliphatic carbocycles. The monoisotopic (exact) mass is 357 g/mol. The second-order valence-corrected chi connectivity index (χ2v) is 6.25. The Kier molecular flexibility index (Phi) is 5.21. The maximum atomic E-state index is 12.4. The lowest BCUT2D eigenvalue weighted by atomic mass is 9.88. The van der Waals surface area contributed by atoms with Crippen molar-refractivity contribution in [1.29, 1.82) is 0 Å². The van der Waals surface area contributed by atoms with E-state index in [0.29, 0.717) is 31.7 Å². The molecule has 0 saturated carbocycles. The van der Waals surface area contributed by atoms with Crippen LogP contribution in [0.15, 0.2) is 36.4 Å². The van der Waals surface area contributed by atoms with Crippen molar-refractivity contribution in [2.45, 2.75) is 25.8 Å². The predicted octanol–water partition coefficient (Wildman–Crippen LogP) is 3.40. The van der Waals surface area contributed by atoms with Gasteiger partial charge in [0, 0.05) is 6.54 Å². The van der Waals surface area contributed by atoms with Gasteiger partial charge < -0.3 is 24.6 Å². The van der Waals surface area contributed by atoms with Crippen molar-refractivity contribution in [2.24, 2.45) is 0 Å². The summed E-state index contributed by atoms with van der Waals surface area (Å²) in [6.07, 6.45) is 0.853. The normalized spacial score (nSPS) is 16.1. The third-order valence-corrected chi connectivity index (χ3v) is 4.67. The molecule has 2 aromatic rings. The number of phenolic OH excluding ortho intramolecular Hbond substituents is 2. The van der Waals surface area contributed by atoms with E-state index in [1.807, 2.05) is 18.2 Å². The molecule has 1 atom stereocenters. The van der Waals surface area contributed by atoms with Gasteiger partial charge in [0.05, 0.1) is 19.8 Å². The smallest absolute Gasteiger partial charge is 0.410 e. The second-order valence-electron chi connectivity index (χ2n) is 6.25. The molecule has 0 saturated heterocycles. The fourth-order valence-corrected chi connectivity index (χ4v) is 3.38. The van der Waals surface area contributed by atoms with Crippen molar-refractivity contribution < 1.29 is 24.5 Å². The van der Waals surface area contributed by atoms with Crippen LogP contribution in [0.4, 0.5) is 4.79 Å². The van der Waals surface area contributed by atoms with Gasteiger partial charge in [0.1, 0.15) is 5.75 Å². The maximum Gasteiger partial charge on any atom is 0.410 e. The minimum atomic E-state index is -0.364. The fourth-order valence-electron chi connectivity index (χ4n) is 3.38. The summed E-state index contributed by atoms with van der Waals surface area (Å²) in [7, 11) is 1.52. The molecule has 2 N–H and O–H groups in total. The molecule has 6 heteroatoms. The lowest BCUT2D eigenvalue weighted by Gasteiger charge is -2.37. The highest BCUT2D eigenvalue weighted by Crippen LogP contribution is 2.39. The Labute approximate surface area is 152 Å². The van der Waals surface area contributed by atoms with E-state index in [2.05, 4.69) is 0 Å². The van der Waals surface area contributed by atoms with Gasteiger partial charge in [-0.1, -0.05) is 12.1 Å². The van der Waals surface area contributed by atoms with Crippen LogP contribution in [0, 0.1) is 0 Å². The number of nitrogens with zero attached hydrogens (tertiary/aromatic N) is 1. The fraction of sp³-hybridized carbons (Fsp3) is 0.350. The number of methoxy groups -OCH3 is 1. The number of hydrogen-bond donors (Lipinski definition) is 2. The molecule has 138 valence electrons. The van der Waals surface area contributed by atoms with E-state index in [1.165, 1.54) is 7.11 Å². The number of hydrogen-bond acceptors (Lipinski definition) is 5. The van der Waals surface area contributed by atoms with Gasteiger partial charge >= 0.3 is 6.09 Å². The van der Waals surface area contributed by atoms with Crippen LogP contribution in [0.25, 0.3) is 0 Å². The van der Waals surface area contributed by atoms with Crippen LogP contribution in [-0.4, -0.2) is 41.5 Å². The van der Waals surface area contributed by atoms with Gasteiger partial charge in [-0.2, -0.15) is 0 Å². The van der Waals surface area contributed by atoms with Gasteiger partial charge in [-0.3, -0.25) is 0 Å². The summed E-state index contributed by atoms with van der Waals surface area (Å²) in [4.78, 5) is 14.1. The molecule has 26 heavy (non-hydrogen) atoms. The van der Waals surface area contributed by atoms with Crippen LogP contribution in [0.3, 0.4) is 0 Å². The average Bonchev–Trinajstić information content (AvgIpc) is 2.63. The van der Waals surface area contributed by atoms with Gasteiger partial charge in [-0.25, -0.2) is 4.79 Å². The molecule has 1 unspecified atom stereocenters. The Balaban J connectivity index is 2.00. The Morgan fingerprint density at radius 1 is 1.23 bits per heavy atom. The molecule has 0 fully saturated rings. The van der Waals surface area contributed by atoms with Crippen LogP contribution in [0.2, 0.25) is 0 Å². The number of carbonyl (C=O) groups excluding carboxylic acids is 1. The molecule has 6 nitrogen and oxygen atoms in total. The van der Waals surface area contributed by atoms with Crippen molar-refractivity contribution >= 4 is 6.09 Å². The summed E-state index contributed by atoms with van der Waals surface area (Å²) in [5, 5.41) is 19.7. The molecule has 0 spiro atoms. The van der Waals surface area contributed by atoms with Crippen LogP contribution < -0.4 is 4.74 Å². The van der Waals surface area contributed by atoms with Crippen LogP contribution >= 0.6 is 0 Å². The van der Waals surface area contributed by atoms with Gasteiger partial charge in [0.25, 0.3) is 0 Å². The lowest BCUT2D eigenvalue weighted by Crippen LogP contribution is -2.41. The SMILES string of the molecule is CCOC(=O)N1CCc2cc(OC)c(O)cc2C1Cc1ccc(O)cc1. The molecule has 0 radical (unpaired) electrons. The van der Waals surface area contributed by atoms with Gasteiger partial charge in [-0.15, -0.1) is 0 Å². The largest absolute Gasteiger partial charge is 0.508 e. The summed E-state index contributed by atoms with van der Waals surface area (Å²) < 4.78 is 10.4. The highest BCUT2D eigenvalue weighted by molar-refractivity contribution is 5.69. The molecule has 3 rings (SSSR count). The van der Waals surface area contributed by atoms with Gasteiger partial charge in [0.2, 0.25) is 0 Å². The molecular formula is C20H23NO5. The first kappa shape index (κ1) is 17.9. The first-order valence-corrected chi connectivity index (χ1v) is 8.64. The lowest BCUT2D eigenvalue weighted by molar-refractivity contribution is 0.0863. The molecule has 0 bridgehead atoms. The zero-order valence-electron chi connectivity index (χ0n) is 14.9. The molecule has 0 aromatic heterocycles. The standard InChI is InChI=1S/C20H23NO5/c1-3-26-20(24)21-9-8-14-11-19(25-2)18(23)12-16(14)17(21)10-13-4-6-15(22)7-5-13/h4-7,11-12,17,22-23H,3,8-10H2,1-2H3. The van der Waals surface area contributed by atoms with E-state index in [-0.39, 0.29) is 23.6 Å². The maximum absolute atomic E-state index is 12.4. The first-order valence-electron chi connectivity index (χ1n) is 8.64. The third kappa shape index (κ3) is 3.54. The van der Waals surface area contributed by atoms with Crippen LogP contribution in [-0.2, 0) is 17.6 Å². The molecule has 1 aliphatic rings. The Morgan fingerprint density at radius 3 is 2.62 bits per heavy atom. The van der Waals surface area contributed by atoms with Crippen molar-refractivity contribution in [3.63, 3.8) is 0 Å². The zero-order valence-corrected chi connectivity index (χ0v) is 14.9. The zero-order chi connectivity index (χ0) is 18.7. The number of ether oxygens (including phenoxy) is 2. The van der Waals surface area contributed by atoms with Crippen molar-refractivity contribution in [3.8, 4) is 17.2 Å². The summed E-state index contributed by atoms with van der Waals surface area (Å²) in [6.45, 7) is 2.62. The second kappa shape index (κ2) is 7.56. The number of phenols is 2. The third-order valence-electron chi connectivity index (χ3n) is 4.67. The summed E-state index contributed by atoms with van der Waals surface area (Å²) in [6, 6.07) is 10.1. The van der Waals surface area contributed by atoms with Crippen molar-refractivity contribution in [2.75, 3.05) is 20.3 Å². The molecule has 1 heterocycles. The highest BCUT2D eigenvalue weighted by Gasteiger charge is 2.33. The summed E-state index contributed by atoms with van der Waals surface area (Å²) >= 11 is 0. The van der Waals surface area contributed by atoms with E-state index in [4.69, 9.17) is 9.47 Å². The number of rotatable bonds is 4. The Bertz CT molecular complexity index is 788. The quantitative estimate of drug-likeness (QED) is 0.877. The molecule has 1 amide bonds. The van der Waals surface area contributed by atoms with E-state index < -0.39 is 0 Å². The number of amides is 1. The number of carbonyl (C=O) groups is 1. The molecular weight excluding hydrogens is 334 g/mol. The van der Waals surface area contributed by atoms with Crippen molar-refractivity contribution in [1.82, 2.24) is 4.90 Å². The van der Waals surface area contributed by atoms with Crippen molar-refractivity contribution in [3.05, 3.63) is 53.1 Å². The Morgan fingerprint density at radius 2 is 1.96 bits per heavy atom. The topological polar surface area (TPSA) is 79.2 Å². The Hall–Kier alpha value is -2.89. The molecule has 1 aliphatic heterocycles. The number of fused-ring (bicyclic) bond motifs is 1.